The van der Waals surface area contributed by atoms with Gasteiger partial charge in [-0.1, -0.05) is 18.7 Å². The molecule has 0 spiro atoms. The lowest BCUT2D eigenvalue weighted by atomic mass is 10.3. The molecule has 0 unspecified atom stereocenters. The second kappa shape index (κ2) is 8.83. The summed E-state index contributed by atoms with van der Waals surface area (Å²) in [5, 5.41) is 9.36. The van der Waals surface area contributed by atoms with Gasteiger partial charge in [-0.05, 0) is 25.1 Å². The molecule has 0 aliphatic heterocycles. The molecule has 1 rings (SSSR count). The molecule has 0 fully saturated rings. The van der Waals surface area contributed by atoms with Gasteiger partial charge < -0.3 is 9.67 Å². The number of rotatable bonds is 4. The number of hydrogen-bond donors (Lipinski definition) is 1. The second-order valence-corrected chi connectivity index (χ2v) is 3.03. The highest BCUT2D eigenvalue weighted by Gasteiger charge is 2.07. The fraction of sp³-hybridized carbons (Fsp3) is 0.154. The van der Waals surface area contributed by atoms with Crippen LogP contribution >= 0.6 is 0 Å². The van der Waals surface area contributed by atoms with Crippen molar-refractivity contribution < 1.29 is 9.90 Å². The van der Waals surface area contributed by atoms with Gasteiger partial charge in [0.05, 0.1) is 5.56 Å². The van der Waals surface area contributed by atoms with Crippen molar-refractivity contribution in [3.05, 3.63) is 59.8 Å². The molecule has 1 amide bonds. The van der Waals surface area contributed by atoms with Crippen LogP contribution in [0.1, 0.15) is 17.3 Å². The number of carbonyl (C=O) groups is 1. The average Bonchev–Trinajstić information content (AvgIpc) is 2.89. The molecule has 0 aliphatic carbocycles. The summed E-state index contributed by atoms with van der Waals surface area (Å²) in [7, 11) is 1.00. The monoisotopic (exact) mass is 248 g/mol. The molecule has 1 aromatic rings. The number of nitrogens with zero attached hydrogens (tertiary/aromatic N) is 2. The van der Waals surface area contributed by atoms with Crippen LogP contribution in [0.4, 0.5) is 0 Å². The molecule has 1 N–H and O–H groups in total. The topological polar surface area (TPSA) is 71.7 Å². The van der Waals surface area contributed by atoms with E-state index >= 15 is 0 Å². The predicted molar refractivity (Wildman–Crippen MR) is 72.0 cm³/mol. The minimum absolute atomic E-state index is 0.273. The average molecular weight is 248 g/mol. The van der Waals surface area contributed by atoms with E-state index in [1.807, 2.05) is 19.1 Å². The molecule has 0 saturated heterocycles. The fourth-order valence-corrected chi connectivity index (χ4v) is 1.26. The van der Waals surface area contributed by atoms with Crippen LogP contribution in [0, 0.1) is 4.91 Å². The van der Waals surface area contributed by atoms with Crippen LogP contribution in [0.25, 0.3) is 5.70 Å². The van der Waals surface area contributed by atoms with E-state index in [1.54, 1.807) is 35.2 Å². The lowest BCUT2D eigenvalue weighted by Gasteiger charge is -2.01. The first-order valence-corrected chi connectivity index (χ1v) is 5.19. The van der Waals surface area contributed by atoms with Gasteiger partial charge in [0.2, 0.25) is 0 Å². The Morgan fingerprint density at radius 3 is 2.67 bits per heavy atom. The quantitative estimate of drug-likeness (QED) is 0.657. The van der Waals surface area contributed by atoms with Crippen LogP contribution in [0.15, 0.2) is 54.5 Å². The molecular formula is C13H16N2O3. The largest absolute Gasteiger partial charge is 0.400 e. The maximum atomic E-state index is 11.0. The summed E-state index contributed by atoms with van der Waals surface area (Å²) in [6.45, 7) is 5.50. The second-order valence-electron chi connectivity index (χ2n) is 3.03. The first-order valence-electron chi connectivity index (χ1n) is 5.19. The van der Waals surface area contributed by atoms with Crippen LogP contribution in [0.3, 0.4) is 0 Å². The minimum Gasteiger partial charge on any atom is -0.400 e. The van der Waals surface area contributed by atoms with Crippen molar-refractivity contribution in [2.75, 3.05) is 7.11 Å². The van der Waals surface area contributed by atoms with Gasteiger partial charge in [-0.2, -0.15) is 0 Å². The number of hydrogen-bond acceptors (Lipinski definition) is 3. The number of aliphatic hydroxyl groups is 1. The zero-order valence-electron chi connectivity index (χ0n) is 10.4. The first kappa shape index (κ1) is 15.7. The van der Waals surface area contributed by atoms with Gasteiger partial charge in [0, 0.05) is 30.4 Å². The van der Waals surface area contributed by atoms with Crippen molar-refractivity contribution in [2.45, 2.75) is 6.92 Å². The first-order chi connectivity index (χ1) is 8.72. The summed E-state index contributed by atoms with van der Waals surface area (Å²) < 4.78 is 1.72. The molecule has 0 bridgehead atoms. The third-order valence-electron chi connectivity index (χ3n) is 1.95. The molecular weight excluding hydrogens is 232 g/mol. The van der Waals surface area contributed by atoms with Crippen molar-refractivity contribution >= 4 is 11.6 Å². The smallest absolute Gasteiger partial charge is 0.318 e. The van der Waals surface area contributed by atoms with Crippen LogP contribution in [0.5, 0.6) is 0 Å². The van der Waals surface area contributed by atoms with Crippen LogP contribution < -0.4 is 0 Å². The highest BCUT2D eigenvalue weighted by molar-refractivity contribution is 5.94. The summed E-state index contributed by atoms with van der Waals surface area (Å²) in [5.41, 5.74) is 1.12. The number of carbonyl (C=O) groups excluding carboxylic acids is 1. The maximum Gasteiger partial charge on any atom is 0.318 e. The number of aliphatic hydroxyl groups excluding tert-OH is 1. The molecule has 0 aromatic carbocycles. The van der Waals surface area contributed by atoms with Crippen molar-refractivity contribution in [2.24, 2.45) is 5.18 Å². The van der Waals surface area contributed by atoms with Gasteiger partial charge in [-0.3, -0.25) is 4.79 Å². The van der Waals surface area contributed by atoms with Crippen molar-refractivity contribution in [1.29, 1.82) is 0 Å². The Morgan fingerprint density at radius 1 is 1.50 bits per heavy atom. The summed E-state index contributed by atoms with van der Waals surface area (Å²) in [4.78, 5) is 21.1. The molecule has 0 radical (unpaired) electrons. The number of amides is 1. The van der Waals surface area contributed by atoms with Crippen LogP contribution in [-0.4, -0.2) is 22.7 Å². The normalized spacial score (nSPS) is 10.7. The summed E-state index contributed by atoms with van der Waals surface area (Å²) >= 11 is 0. The van der Waals surface area contributed by atoms with E-state index in [-0.39, 0.29) is 5.56 Å². The van der Waals surface area contributed by atoms with Crippen LogP contribution in [0.2, 0.25) is 0 Å². The van der Waals surface area contributed by atoms with E-state index in [4.69, 9.17) is 5.11 Å². The molecule has 1 aromatic heterocycles. The highest BCUT2D eigenvalue weighted by atomic mass is 16.3. The molecule has 18 heavy (non-hydrogen) atoms. The lowest BCUT2D eigenvalue weighted by molar-refractivity contribution is 0.100. The summed E-state index contributed by atoms with van der Waals surface area (Å²) in [6, 6.07) is 1.55. The van der Waals surface area contributed by atoms with Gasteiger partial charge in [-0.15, -0.1) is 4.91 Å². The van der Waals surface area contributed by atoms with Gasteiger partial charge in [0.25, 0.3) is 0 Å². The molecule has 5 nitrogen and oxygen atoms in total. The summed E-state index contributed by atoms with van der Waals surface area (Å²) in [5.74, 6) is -0.766. The third kappa shape index (κ3) is 4.31. The van der Waals surface area contributed by atoms with Gasteiger partial charge in [0.1, 0.15) is 0 Å². The Hall–Kier alpha value is -2.27. The Kier molecular flexibility index (Phi) is 7.72. The summed E-state index contributed by atoms with van der Waals surface area (Å²) in [6.07, 6.45) is 10.4. The molecule has 1 heterocycles. The van der Waals surface area contributed by atoms with E-state index in [0.29, 0.717) is 0 Å². The zero-order chi connectivity index (χ0) is 14.0. The van der Waals surface area contributed by atoms with Gasteiger partial charge in [-0.25, -0.2) is 0 Å². The van der Waals surface area contributed by atoms with Crippen molar-refractivity contribution in [1.82, 2.24) is 4.57 Å². The van der Waals surface area contributed by atoms with E-state index in [1.165, 1.54) is 0 Å². The number of allylic oxidation sites excluding steroid dienone is 5. The number of aromatic nitrogens is 1. The van der Waals surface area contributed by atoms with Crippen molar-refractivity contribution in [3.8, 4) is 0 Å². The Labute approximate surface area is 106 Å². The van der Waals surface area contributed by atoms with Gasteiger partial charge >= 0.3 is 5.91 Å². The van der Waals surface area contributed by atoms with E-state index in [2.05, 4.69) is 11.8 Å². The maximum absolute atomic E-state index is 11.0. The fourth-order valence-electron chi connectivity index (χ4n) is 1.26. The zero-order valence-corrected chi connectivity index (χ0v) is 10.4. The van der Waals surface area contributed by atoms with E-state index in [0.717, 1.165) is 12.8 Å². The van der Waals surface area contributed by atoms with Crippen LogP contribution in [-0.2, 0) is 0 Å². The third-order valence-corrected chi connectivity index (χ3v) is 1.95. The molecule has 0 atom stereocenters. The SMILES string of the molecule is C=C/C=C(\C=C/C)n1ccc(C(=O)N=O)c1.CO. The minimum atomic E-state index is -0.766. The van der Waals surface area contributed by atoms with Gasteiger partial charge in [0.15, 0.2) is 0 Å². The van der Waals surface area contributed by atoms with E-state index in [9.17, 15) is 9.70 Å². The van der Waals surface area contributed by atoms with E-state index < -0.39 is 5.91 Å². The predicted octanol–water partition coefficient (Wildman–Crippen LogP) is 2.61. The molecule has 0 aliphatic rings. The van der Waals surface area contributed by atoms with Crippen molar-refractivity contribution in [3.63, 3.8) is 0 Å². The molecule has 0 saturated carbocycles. The number of nitroso groups, excluding NO2 is 1. The Balaban J connectivity index is 0.00000137. The molecule has 96 valence electrons. The highest BCUT2D eigenvalue weighted by Crippen LogP contribution is 2.11. The standard InChI is InChI=1S/C12H12N2O2.CH4O/c1-3-5-11(6-4-2)14-8-7-10(9-14)12(15)13-16;1-2/h3-9H,1H2,2H3;2H,1H3/b6-4-,11-5+;. The Bertz CT molecular complexity index is 470. The molecule has 5 heteroatoms. The Morgan fingerprint density at radius 2 is 2.17 bits per heavy atom. The lowest BCUT2D eigenvalue weighted by Crippen LogP contribution is -1.93.